The maximum atomic E-state index is 12.5. The Morgan fingerprint density at radius 3 is 2.59 bits per heavy atom. The highest BCUT2D eigenvalue weighted by Gasteiger charge is 2.16. The number of piperazine rings is 1. The van der Waals surface area contributed by atoms with Gasteiger partial charge in [-0.25, -0.2) is 14.8 Å². The number of benzene rings is 1. The molecule has 0 unspecified atom stereocenters. The molecule has 0 spiro atoms. The Balaban J connectivity index is 1.27. The maximum Gasteiger partial charge on any atom is 0.320 e. The number of urea groups is 1. The summed E-state index contributed by atoms with van der Waals surface area (Å²) < 4.78 is 0. The third kappa shape index (κ3) is 5.36. The van der Waals surface area contributed by atoms with E-state index >= 15 is 0 Å². The summed E-state index contributed by atoms with van der Waals surface area (Å²) in [6.07, 6.45) is 7.44. The fraction of sp³-hybridized carbons (Fsp3) is 0.440. The number of carbonyl (C=O) groups excluding carboxylic acids is 1. The van der Waals surface area contributed by atoms with Crippen LogP contribution in [0.3, 0.4) is 0 Å². The maximum absolute atomic E-state index is 12.5. The second-order valence-electron chi connectivity index (χ2n) is 9.10. The molecule has 34 heavy (non-hydrogen) atoms. The molecule has 2 aliphatic rings. The van der Waals surface area contributed by atoms with Gasteiger partial charge in [0.15, 0.2) is 5.65 Å². The molecule has 9 nitrogen and oxygen atoms in total. The zero-order valence-electron chi connectivity index (χ0n) is 19.6. The van der Waals surface area contributed by atoms with Crippen LogP contribution in [-0.4, -0.2) is 53.2 Å². The fourth-order valence-electron chi connectivity index (χ4n) is 4.68. The summed E-state index contributed by atoms with van der Waals surface area (Å²) in [6.45, 7) is 6.02. The first-order chi connectivity index (χ1) is 16.6. The van der Waals surface area contributed by atoms with Gasteiger partial charge < -0.3 is 20.9 Å². The summed E-state index contributed by atoms with van der Waals surface area (Å²) >= 11 is 0. The number of hydrogen-bond donors (Lipinski definition) is 4. The van der Waals surface area contributed by atoms with Crippen LogP contribution in [0.1, 0.15) is 37.7 Å². The summed E-state index contributed by atoms with van der Waals surface area (Å²) in [5.41, 5.74) is 3.63. The molecule has 3 aromatic rings. The summed E-state index contributed by atoms with van der Waals surface area (Å²) in [5.74, 6) is 0.960. The quantitative estimate of drug-likeness (QED) is 0.457. The molecule has 3 heterocycles. The van der Waals surface area contributed by atoms with Crippen molar-refractivity contribution < 1.29 is 4.79 Å². The van der Waals surface area contributed by atoms with Gasteiger partial charge in [0.2, 0.25) is 5.95 Å². The summed E-state index contributed by atoms with van der Waals surface area (Å²) in [4.78, 5) is 28.5. The van der Waals surface area contributed by atoms with Gasteiger partial charge in [-0.05, 0) is 55.7 Å². The van der Waals surface area contributed by atoms with Crippen LogP contribution in [0.5, 0.6) is 0 Å². The first-order valence-electron chi connectivity index (χ1n) is 12.2. The molecule has 1 aliphatic carbocycles. The average molecular weight is 461 g/mol. The Hall–Kier alpha value is -3.46. The molecule has 0 radical (unpaired) electrons. The number of amides is 2. The number of aromatic nitrogens is 3. The second-order valence-corrected chi connectivity index (χ2v) is 9.10. The third-order valence-electron chi connectivity index (χ3n) is 6.56. The molecule has 0 atom stereocenters. The van der Waals surface area contributed by atoms with E-state index in [1.165, 1.54) is 24.9 Å². The van der Waals surface area contributed by atoms with Gasteiger partial charge in [-0.15, -0.1) is 0 Å². The Morgan fingerprint density at radius 1 is 1.06 bits per heavy atom. The number of pyridine rings is 1. The molecule has 2 fully saturated rings. The van der Waals surface area contributed by atoms with Crippen LogP contribution in [-0.2, 0) is 0 Å². The topological polar surface area (TPSA) is 107 Å². The van der Waals surface area contributed by atoms with E-state index in [0.29, 0.717) is 17.4 Å². The standard InChI is InChI=1S/C25H32N8O/c1-17-15-22(31-25(34)29-18-5-3-2-4-6-18)30-23-21(17)16-27-24(32-23)28-19-7-9-20(10-8-19)33-13-11-26-12-14-33/h7-10,15-16,18,26H,2-6,11-14H2,1H3,(H3,27,28,29,30,31,32,34). The first-order valence-corrected chi connectivity index (χ1v) is 12.2. The van der Waals surface area contributed by atoms with Crippen molar-refractivity contribution in [3.63, 3.8) is 0 Å². The van der Waals surface area contributed by atoms with Crippen molar-refractivity contribution in [1.29, 1.82) is 0 Å². The molecule has 4 N–H and O–H groups in total. The Bertz CT molecular complexity index is 1140. The monoisotopic (exact) mass is 460 g/mol. The van der Waals surface area contributed by atoms with Gasteiger partial charge in [0.25, 0.3) is 0 Å². The van der Waals surface area contributed by atoms with E-state index in [4.69, 9.17) is 0 Å². The zero-order chi connectivity index (χ0) is 23.3. The SMILES string of the molecule is Cc1cc(NC(=O)NC2CCCCC2)nc2nc(Nc3ccc(N4CCNCC4)cc3)ncc12. The number of nitrogens with zero attached hydrogens (tertiary/aromatic N) is 4. The van der Waals surface area contributed by atoms with Gasteiger partial charge in [0, 0.05) is 55.2 Å². The molecular formula is C25H32N8O. The minimum absolute atomic E-state index is 0.213. The molecule has 1 aromatic carbocycles. The summed E-state index contributed by atoms with van der Waals surface area (Å²) in [7, 11) is 0. The largest absolute Gasteiger partial charge is 0.369 e. The lowest BCUT2D eigenvalue weighted by molar-refractivity contribution is 0.244. The van der Waals surface area contributed by atoms with Crippen molar-refractivity contribution >= 4 is 40.2 Å². The fourth-order valence-corrected chi connectivity index (χ4v) is 4.68. The van der Waals surface area contributed by atoms with Crippen molar-refractivity contribution in [2.45, 2.75) is 45.1 Å². The molecule has 2 amide bonds. The molecule has 0 bridgehead atoms. The number of nitrogens with one attached hydrogen (secondary N) is 4. The first kappa shape index (κ1) is 22.3. The van der Waals surface area contributed by atoms with Crippen LogP contribution in [0.25, 0.3) is 11.0 Å². The van der Waals surface area contributed by atoms with Crippen molar-refractivity contribution in [3.05, 3.63) is 42.1 Å². The van der Waals surface area contributed by atoms with Crippen LogP contribution in [0.2, 0.25) is 0 Å². The number of fused-ring (bicyclic) bond motifs is 1. The van der Waals surface area contributed by atoms with Gasteiger partial charge >= 0.3 is 6.03 Å². The predicted molar refractivity (Wildman–Crippen MR) is 136 cm³/mol. The lowest BCUT2D eigenvalue weighted by Gasteiger charge is -2.29. The lowest BCUT2D eigenvalue weighted by Crippen LogP contribution is -2.43. The van der Waals surface area contributed by atoms with E-state index in [0.717, 1.165) is 55.7 Å². The van der Waals surface area contributed by atoms with Gasteiger partial charge in [-0.2, -0.15) is 4.98 Å². The molecular weight excluding hydrogens is 428 g/mol. The van der Waals surface area contributed by atoms with Crippen molar-refractivity contribution in [3.8, 4) is 0 Å². The normalized spacial score (nSPS) is 16.9. The van der Waals surface area contributed by atoms with Crippen LogP contribution in [0.4, 0.5) is 27.9 Å². The number of aryl methyl sites for hydroxylation is 1. The Kier molecular flexibility index (Phi) is 6.71. The predicted octanol–water partition coefficient (Wildman–Crippen LogP) is 3.94. The minimum Gasteiger partial charge on any atom is -0.369 e. The van der Waals surface area contributed by atoms with Gasteiger partial charge in [-0.1, -0.05) is 19.3 Å². The van der Waals surface area contributed by atoms with Crippen molar-refractivity contribution in [2.75, 3.05) is 41.7 Å². The summed E-state index contributed by atoms with van der Waals surface area (Å²) in [6, 6.07) is 10.2. The van der Waals surface area contributed by atoms with E-state index in [9.17, 15) is 4.79 Å². The highest BCUT2D eigenvalue weighted by Crippen LogP contribution is 2.23. The molecule has 1 saturated heterocycles. The van der Waals surface area contributed by atoms with E-state index < -0.39 is 0 Å². The van der Waals surface area contributed by atoms with Crippen molar-refractivity contribution in [2.24, 2.45) is 0 Å². The molecule has 2 aromatic heterocycles. The van der Waals surface area contributed by atoms with Crippen LogP contribution in [0.15, 0.2) is 36.5 Å². The highest BCUT2D eigenvalue weighted by molar-refractivity contribution is 5.90. The third-order valence-corrected chi connectivity index (χ3v) is 6.56. The van der Waals surface area contributed by atoms with E-state index in [1.54, 1.807) is 6.20 Å². The van der Waals surface area contributed by atoms with Crippen LogP contribution < -0.4 is 26.2 Å². The Morgan fingerprint density at radius 2 is 1.82 bits per heavy atom. The number of rotatable bonds is 5. The number of hydrogen-bond acceptors (Lipinski definition) is 7. The Labute approximate surface area is 199 Å². The van der Waals surface area contributed by atoms with Crippen LogP contribution in [0, 0.1) is 6.92 Å². The molecule has 178 valence electrons. The minimum atomic E-state index is -0.213. The van der Waals surface area contributed by atoms with Gasteiger partial charge in [0.1, 0.15) is 5.82 Å². The molecule has 9 heteroatoms. The van der Waals surface area contributed by atoms with E-state index in [-0.39, 0.29) is 12.1 Å². The zero-order valence-corrected chi connectivity index (χ0v) is 19.6. The van der Waals surface area contributed by atoms with E-state index in [1.807, 2.05) is 25.1 Å². The van der Waals surface area contributed by atoms with Crippen LogP contribution >= 0.6 is 0 Å². The summed E-state index contributed by atoms with van der Waals surface area (Å²) in [5, 5.41) is 13.4. The van der Waals surface area contributed by atoms with Gasteiger partial charge in [-0.3, -0.25) is 5.32 Å². The highest BCUT2D eigenvalue weighted by atomic mass is 16.2. The number of anilines is 4. The number of carbonyl (C=O) groups is 1. The molecule has 1 aliphatic heterocycles. The lowest BCUT2D eigenvalue weighted by atomic mass is 9.96. The van der Waals surface area contributed by atoms with Crippen molar-refractivity contribution in [1.82, 2.24) is 25.6 Å². The van der Waals surface area contributed by atoms with Gasteiger partial charge in [0.05, 0.1) is 0 Å². The molecule has 1 saturated carbocycles. The smallest absolute Gasteiger partial charge is 0.320 e. The molecule has 5 rings (SSSR count). The average Bonchev–Trinajstić information content (AvgIpc) is 2.85. The van der Waals surface area contributed by atoms with E-state index in [2.05, 4.69) is 53.3 Å². The second kappa shape index (κ2) is 10.2.